The van der Waals surface area contributed by atoms with E-state index < -0.39 is 11.9 Å². The van der Waals surface area contributed by atoms with Crippen molar-refractivity contribution in [2.24, 2.45) is 0 Å². The number of hydrogen-bond acceptors (Lipinski definition) is 7. The molecule has 0 atom stereocenters. The van der Waals surface area contributed by atoms with Crippen molar-refractivity contribution in [1.29, 1.82) is 0 Å². The second-order valence-electron chi connectivity index (χ2n) is 7.14. The molecule has 3 aromatic rings. The summed E-state index contributed by atoms with van der Waals surface area (Å²) >= 11 is 0. The summed E-state index contributed by atoms with van der Waals surface area (Å²) < 4.78 is 17.2. The molecule has 0 amide bonds. The van der Waals surface area contributed by atoms with E-state index in [4.69, 9.17) is 14.2 Å². The molecular formula is C26H27N3O5. The van der Waals surface area contributed by atoms with E-state index in [0.29, 0.717) is 34.7 Å². The van der Waals surface area contributed by atoms with Crippen LogP contribution in [-0.2, 0) is 25.6 Å². The number of methoxy groups -OCH3 is 1. The van der Waals surface area contributed by atoms with Gasteiger partial charge in [0.05, 0.1) is 33.1 Å². The fourth-order valence-electron chi connectivity index (χ4n) is 3.29. The van der Waals surface area contributed by atoms with Crippen LogP contribution in [0.4, 0.5) is 0 Å². The van der Waals surface area contributed by atoms with Crippen LogP contribution in [0.3, 0.4) is 0 Å². The first-order valence-electron chi connectivity index (χ1n) is 10.9. The second-order valence-corrected chi connectivity index (χ2v) is 7.14. The van der Waals surface area contributed by atoms with Crippen molar-refractivity contribution >= 4 is 24.1 Å². The van der Waals surface area contributed by atoms with Crippen molar-refractivity contribution in [1.82, 2.24) is 15.0 Å². The van der Waals surface area contributed by atoms with Crippen LogP contribution in [0.5, 0.6) is 5.75 Å². The predicted octanol–water partition coefficient (Wildman–Crippen LogP) is 4.15. The van der Waals surface area contributed by atoms with Crippen LogP contribution in [0.15, 0.2) is 60.8 Å². The zero-order chi connectivity index (χ0) is 24.3. The molecule has 0 aliphatic carbocycles. The molecule has 0 aliphatic rings. The zero-order valence-electron chi connectivity index (χ0n) is 19.4. The third-order valence-electron chi connectivity index (χ3n) is 4.76. The van der Waals surface area contributed by atoms with Gasteiger partial charge in [-0.15, -0.1) is 5.10 Å². The Labute approximate surface area is 198 Å². The lowest BCUT2D eigenvalue weighted by Crippen LogP contribution is -2.00. The summed E-state index contributed by atoms with van der Waals surface area (Å²) in [5.41, 5.74) is 3.65. The van der Waals surface area contributed by atoms with Crippen molar-refractivity contribution < 1.29 is 23.8 Å². The highest BCUT2D eigenvalue weighted by atomic mass is 16.5. The number of rotatable bonds is 10. The Hall–Kier alpha value is -4.20. The Bertz CT molecular complexity index is 1130. The van der Waals surface area contributed by atoms with Gasteiger partial charge in [0.1, 0.15) is 11.4 Å². The molecule has 1 heterocycles. The Balaban J connectivity index is 2.07. The summed E-state index contributed by atoms with van der Waals surface area (Å²) in [6.45, 7) is 4.58. The Kier molecular flexibility index (Phi) is 8.73. The summed E-state index contributed by atoms with van der Waals surface area (Å²) in [7, 11) is 1.54. The highest BCUT2D eigenvalue weighted by molar-refractivity contribution is 5.93. The number of esters is 2. The van der Waals surface area contributed by atoms with Gasteiger partial charge in [0, 0.05) is 17.7 Å². The van der Waals surface area contributed by atoms with Gasteiger partial charge in [-0.05, 0) is 54.8 Å². The maximum absolute atomic E-state index is 12.0. The van der Waals surface area contributed by atoms with Crippen molar-refractivity contribution in [3.63, 3.8) is 0 Å². The summed E-state index contributed by atoms with van der Waals surface area (Å²) in [4.78, 5) is 23.9. The van der Waals surface area contributed by atoms with Gasteiger partial charge in [0.15, 0.2) is 0 Å². The van der Waals surface area contributed by atoms with Crippen molar-refractivity contribution in [2.75, 3.05) is 20.3 Å². The van der Waals surface area contributed by atoms with E-state index in [9.17, 15) is 9.59 Å². The molecule has 8 nitrogen and oxygen atoms in total. The maximum atomic E-state index is 12.0. The van der Waals surface area contributed by atoms with Crippen LogP contribution < -0.4 is 4.74 Å². The molecule has 0 N–H and O–H groups in total. The topological polar surface area (TPSA) is 92.5 Å². The quantitative estimate of drug-likeness (QED) is 0.331. The number of aromatic nitrogens is 3. The number of nitrogens with zero attached hydrogens (tertiary/aromatic N) is 3. The van der Waals surface area contributed by atoms with Gasteiger partial charge in [-0.3, -0.25) is 0 Å². The first-order valence-corrected chi connectivity index (χ1v) is 10.9. The molecule has 0 unspecified atom stereocenters. The van der Waals surface area contributed by atoms with E-state index in [1.165, 1.54) is 12.2 Å². The van der Waals surface area contributed by atoms with Gasteiger partial charge >= 0.3 is 11.9 Å². The molecule has 3 rings (SSSR count). The number of ether oxygens (including phenoxy) is 3. The molecule has 0 saturated heterocycles. The summed E-state index contributed by atoms with van der Waals surface area (Å²) in [5, 5.41) is 8.62. The van der Waals surface area contributed by atoms with E-state index in [1.807, 2.05) is 36.5 Å². The Morgan fingerprint density at radius 2 is 1.53 bits per heavy atom. The smallest absolute Gasteiger partial charge is 0.330 e. The highest BCUT2D eigenvalue weighted by Gasteiger charge is 2.15. The lowest BCUT2D eigenvalue weighted by molar-refractivity contribution is -0.138. The lowest BCUT2D eigenvalue weighted by Gasteiger charge is -2.11. The molecule has 34 heavy (non-hydrogen) atoms. The van der Waals surface area contributed by atoms with Crippen LogP contribution in [-0.4, -0.2) is 47.3 Å². The Morgan fingerprint density at radius 1 is 0.941 bits per heavy atom. The van der Waals surface area contributed by atoms with E-state index in [1.54, 1.807) is 49.9 Å². The van der Waals surface area contributed by atoms with Crippen molar-refractivity contribution in [2.45, 2.75) is 20.4 Å². The van der Waals surface area contributed by atoms with Crippen molar-refractivity contribution in [3.8, 4) is 17.0 Å². The van der Waals surface area contributed by atoms with E-state index in [2.05, 4.69) is 10.3 Å². The minimum atomic E-state index is -0.465. The molecule has 0 saturated carbocycles. The molecule has 0 bridgehead atoms. The minimum absolute atomic E-state index is 0.273. The zero-order valence-corrected chi connectivity index (χ0v) is 19.4. The molecule has 0 aliphatic heterocycles. The second kappa shape index (κ2) is 12.2. The number of carbonyl (C=O) groups excluding carboxylic acids is 2. The fraction of sp³-hybridized carbons (Fsp3) is 0.231. The highest BCUT2D eigenvalue weighted by Crippen LogP contribution is 2.33. The number of hydrogen-bond donors (Lipinski definition) is 0. The standard InChI is InChI=1S/C26H27N3O5/c1-4-33-24(30)13-11-20-15-22(32-3)16-21(12-14-25(31)34-5-2)26(20)23-18-29(28-27-23)17-19-9-7-6-8-10-19/h6-16,18H,4-5,17H2,1-3H3/b13-11+,14-12+. The van der Waals surface area contributed by atoms with Gasteiger partial charge in [-0.25, -0.2) is 14.3 Å². The van der Waals surface area contributed by atoms with Gasteiger partial charge in [-0.1, -0.05) is 35.5 Å². The van der Waals surface area contributed by atoms with Gasteiger partial charge in [-0.2, -0.15) is 0 Å². The van der Waals surface area contributed by atoms with Crippen LogP contribution in [0.25, 0.3) is 23.4 Å². The monoisotopic (exact) mass is 461 g/mol. The van der Waals surface area contributed by atoms with Crippen LogP contribution >= 0.6 is 0 Å². The minimum Gasteiger partial charge on any atom is -0.497 e. The van der Waals surface area contributed by atoms with Gasteiger partial charge in [0.2, 0.25) is 0 Å². The van der Waals surface area contributed by atoms with Crippen molar-refractivity contribution in [3.05, 3.63) is 77.5 Å². The Morgan fingerprint density at radius 3 is 2.06 bits per heavy atom. The molecule has 0 spiro atoms. The summed E-state index contributed by atoms with van der Waals surface area (Å²) in [6.07, 6.45) is 7.77. The third kappa shape index (κ3) is 6.65. The average molecular weight is 462 g/mol. The number of carbonyl (C=O) groups is 2. The molecular weight excluding hydrogens is 434 g/mol. The first kappa shape index (κ1) is 24.4. The maximum Gasteiger partial charge on any atom is 0.330 e. The summed E-state index contributed by atoms with van der Waals surface area (Å²) in [6, 6.07) is 13.5. The lowest BCUT2D eigenvalue weighted by atomic mass is 9.97. The van der Waals surface area contributed by atoms with Crippen LogP contribution in [0.1, 0.15) is 30.5 Å². The molecule has 8 heteroatoms. The predicted molar refractivity (Wildman–Crippen MR) is 129 cm³/mol. The first-order chi connectivity index (χ1) is 16.5. The SMILES string of the molecule is CCOC(=O)/C=C/c1cc(OC)cc(/C=C/C(=O)OCC)c1-c1cn(Cc2ccccc2)nn1. The average Bonchev–Trinajstić information content (AvgIpc) is 3.29. The van der Waals surface area contributed by atoms with E-state index in [0.717, 1.165) is 5.56 Å². The van der Waals surface area contributed by atoms with Crippen LogP contribution in [0, 0.1) is 0 Å². The fourth-order valence-corrected chi connectivity index (χ4v) is 3.29. The third-order valence-corrected chi connectivity index (χ3v) is 4.76. The normalized spacial score (nSPS) is 11.1. The molecule has 0 fully saturated rings. The van der Waals surface area contributed by atoms with Crippen LogP contribution in [0.2, 0.25) is 0 Å². The van der Waals surface area contributed by atoms with E-state index in [-0.39, 0.29) is 13.2 Å². The largest absolute Gasteiger partial charge is 0.497 e. The molecule has 1 aromatic heterocycles. The number of benzene rings is 2. The van der Waals surface area contributed by atoms with Gasteiger partial charge < -0.3 is 14.2 Å². The van der Waals surface area contributed by atoms with E-state index >= 15 is 0 Å². The molecule has 2 aromatic carbocycles. The summed E-state index contributed by atoms with van der Waals surface area (Å²) in [5.74, 6) is -0.382. The molecule has 176 valence electrons. The molecule has 0 radical (unpaired) electrons. The van der Waals surface area contributed by atoms with Gasteiger partial charge in [0.25, 0.3) is 0 Å².